The largest absolute Gasteiger partial charge is 0.405 e. The topological polar surface area (TPSA) is 171 Å². The summed E-state index contributed by atoms with van der Waals surface area (Å²) in [4.78, 5) is 57.1. The summed E-state index contributed by atoms with van der Waals surface area (Å²) in [5.41, 5.74) is 0.509. The third-order valence-electron chi connectivity index (χ3n) is 11.3. The van der Waals surface area contributed by atoms with Crippen LogP contribution in [0.15, 0.2) is 71.7 Å². The molecule has 2 aromatic carbocycles. The first-order chi connectivity index (χ1) is 28.2. The quantitative estimate of drug-likeness (QED) is 0.0595. The minimum absolute atomic E-state index is 0.0778. The van der Waals surface area contributed by atoms with Crippen molar-refractivity contribution in [2.24, 2.45) is 17.3 Å². The van der Waals surface area contributed by atoms with Crippen LogP contribution in [0.5, 0.6) is 0 Å². The first kappa shape index (κ1) is 44.4. The molecular formula is C44H54F3N7O5. The minimum Gasteiger partial charge on any atom is -0.405 e. The number of anilines is 1. The lowest BCUT2D eigenvalue weighted by Crippen LogP contribution is -2.46. The van der Waals surface area contributed by atoms with E-state index in [1.54, 1.807) is 37.3 Å². The average Bonchev–Trinajstić information content (AvgIpc) is 3.83. The Hall–Kier alpha value is -5.73. The molecule has 4 aromatic rings. The van der Waals surface area contributed by atoms with Crippen LogP contribution in [0.1, 0.15) is 101 Å². The summed E-state index contributed by atoms with van der Waals surface area (Å²) < 4.78 is 50.9. The number of hydrogen-bond acceptors (Lipinski definition) is 7. The normalized spacial score (nSPS) is 17.4. The van der Waals surface area contributed by atoms with E-state index >= 15 is 8.78 Å². The molecule has 1 aliphatic carbocycles. The lowest BCUT2D eigenvalue weighted by Gasteiger charge is -2.35. The molecule has 15 heteroatoms. The Kier molecular flexibility index (Phi) is 14.6. The highest BCUT2D eigenvalue weighted by atomic mass is 19.3. The van der Waals surface area contributed by atoms with Crippen LogP contribution in [0.3, 0.4) is 0 Å². The second-order valence-electron chi connectivity index (χ2n) is 15.4. The summed E-state index contributed by atoms with van der Waals surface area (Å²) in [6, 6.07) is 8.35. The average molecular weight is 818 g/mol. The number of carbonyl (C=O) groups is 4. The van der Waals surface area contributed by atoms with Crippen molar-refractivity contribution in [1.29, 1.82) is 0 Å². The van der Waals surface area contributed by atoms with Crippen LogP contribution in [-0.2, 0) is 39.6 Å². The van der Waals surface area contributed by atoms with Gasteiger partial charge in [0.25, 0.3) is 5.92 Å². The number of hydrogen-bond donors (Lipinski definition) is 5. The second kappa shape index (κ2) is 19.3. The number of urea groups is 1. The van der Waals surface area contributed by atoms with Gasteiger partial charge >= 0.3 is 12.0 Å². The van der Waals surface area contributed by atoms with Gasteiger partial charge in [0.05, 0.1) is 23.4 Å². The smallest absolute Gasteiger partial charge is 0.323 e. The number of carbonyl (C=O) groups excluding carboxylic acids is 4. The summed E-state index contributed by atoms with van der Waals surface area (Å²) >= 11 is 0. The van der Waals surface area contributed by atoms with Gasteiger partial charge < -0.3 is 25.4 Å². The molecule has 12 nitrogen and oxygen atoms in total. The fourth-order valence-electron chi connectivity index (χ4n) is 7.53. The van der Waals surface area contributed by atoms with Crippen LogP contribution < -0.4 is 21.3 Å². The van der Waals surface area contributed by atoms with Crippen molar-refractivity contribution < 1.29 is 36.8 Å². The highest BCUT2D eigenvalue weighted by Crippen LogP contribution is 2.44. The molecule has 1 aliphatic rings. The number of H-pyrrole nitrogens is 1. The Morgan fingerprint density at radius 1 is 1.02 bits per heavy atom. The first-order valence-corrected chi connectivity index (χ1v) is 20.2. The zero-order valence-corrected chi connectivity index (χ0v) is 34.2. The number of fused-ring (bicyclic) bond motifs is 3. The van der Waals surface area contributed by atoms with Crippen molar-refractivity contribution in [2.45, 2.75) is 104 Å². The van der Waals surface area contributed by atoms with Gasteiger partial charge in [-0.2, -0.15) is 0 Å². The first-order valence-electron chi connectivity index (χ1n) is 20.2. The van der Waals surface area contributed by atoms with Gasteiger partial charge in [0.1, 0.15) is 11.9 Å². The van der Waals surface area contributed by atoms with Gasteiger partial charge in [-0.05, 0) is 55.2 Å². The molecule has 5 atom stereocenters. The molecule has 0 spiro atoms. The number of halogens is 3. The molecule has 0 saturated heterocycles. The Labute approximate surface area is 342 Å². The minimum atomic E-state index is -3.18. The van der Waals surface area contributed by atoms with Crippen LogP contribution in [0, 0.1) is 23.1 Å². The fourth-order valence-corrected chi connectivity index (χ4v) is 7.53. The molecule has 0 bridgehead atoms. The van der Waals surface area contributed by atoms with E-state index in [-0.39, 0.29) is 71.9 Å². The molecule has 2 heterocycles. The van der Waals surface area contributed by atoms with Gasteiger partial charge in [-0.1, -0.05) is 100 Å². The van der Waals surface area contributed by atoms with Crippen molar-refractivity contribution in [1.82, 2.24) is 31.1 Å². The van der Waals surface area contributed by atoms with Gasteiger partial charge in [0.15, 0.2) is 5.78 Å². The van der Waals surface area contributed by atoms with E-state index in [2.05, 4.69) is 43.0 Å². The Morgan fingerprint density at radius 2 is 1.76 bits per heavy atom. The van der Waals surface area contributed by atoms with Crippen LogP contribution in [0.4, 0.5) is 24.0 Å². The maximum atomic E-state index is 15.4. The third-order valence-corrected chi connectivity index (χ3v) is 11.3. The van der Waals surface area contributed by atoms with Gasteiger partial charge in [0.2, 0.25) is 17.7 Å². The number of rotatable bonds is 19. The van der Waals surface area contributed by atoms with Crippen molar-refractivity contribution >= 4 is 40.5 Å². The lowest BCUT2D eigenvalue weighted by atomic mass is 9.71. The van der Waals surface area contributed by atoms with Crippen LogP contribution in [0.25, 0.3) is 10.9 Å². The third kappa shape index (κ3) is 10.3. The number of allylic oxidation sites excluding steroid dienone is 2. The molecule has 316 valence electrons. The molecule has 4 amide bonds. The van der Waals surface area contributed by atoms with E-state index in [4.69, 9.17) is 4.42 Å². The summed E-state index contributed by atoms with van der Waals surface area (Å²) in [6.07, 6.45) is 5.50. The number of nitrogens with zero attached hydrogens (tertiary/aromatic N) is 2. The molecule has 2 aromatic heterocycles. The summed E-state index contributed by atoms with van der Waals surface area (Å²) in [6.45, 7) is 13.2. The van der Waals surface area contributed by atoms with Crippen LogP contribution >= 0.6 is 0 Å². The Balaban J connectivity index is 1.48. The lowest BCUT2D eigenvalue weighted by molar-refractivity contribution is -0.130. The number of para-hydroxylation sites is 1. The highest BCUT2D eigenvalue weighted by molar-refractivity contribution is 5.93. The van der Waals surface area contributed by atoms with Gasteiger partial charge in [-0.25, -0.2) is 18.0 Å². The van der Waals surface area contributed by atoms with Gasteiger partial charge in [-0.15, -0.1) is 11.7 Å². The van der Waals surface area contributed by atoms with Crippen molar-refractivity contribution in [2.75, 3.05) is 11.9 Å². The predicted molar refractivity (Wildman–Crippen MR) is 219 cm³/mol. The highest BCUT2D eigenvalue weighted by Gasteiger charge is 2.43. The zero-order chi connectivity index (χ0) is 42.9. The molecule has 5 N–H and O–H groups in total. The Bertz CT molecular complexity index is 2180. The van der Waals surface area contributed by atoms with Crippen molar-refractivity contribution in [3.63, 3.8) is 0 Å². The number of alkyl halides is 2. The van der Waals surface area contributed by atoms with E-state index in [1.807, 2.05) is 27.7 Å². The zero-order valence-electron chi connectivity index (χ0n) is 34.2. The van der Waals surface area contributed by atoms with Crippen molar-refractivity contribution in [3.05, 3.63) is 101 Å². The fraction of sp³-hybridized carbons (Fsp3) is 0.455. The molecule has 0 aliphatic heterocycles. The SMILES string of the molecule is C=CCC(F)(F)c1cccc2c3c([nH]c12)CC[C@@](/C=C/CC(=O)[C@@H](NC(=O)Cc1ccccc1F)C(C)CC)(C(=O)N[C@H](c1nnc(NC(=O)NCC)o1)C(C)CC)C3. The van der Waals surface area contributed by atoms with Crippen molar-refractivity contribution in [3.8, 4) is 0 Å². The van der Waals surface area contributed by atoms with Gasteiger partial charge in [-0.3, -0.25) is 19.7 Å². The number of ketones is 1. The molecule has 2 unspecified atom stereocenters. The number of nitrogens with one attached hydrogen (secondary N) is 5. The molecule has 0 saturated carbocycles. The number of amides is 4. The Morgan fingerprint density at radius 3 is 2.46 bits per heavy atom. The predicted octanol–water partition coefficient (Wildman–Crippen LogP) is 8.17. The number of aryl methyl sites for hydroxylation is 1. The maximum absolute atomic E-state index is 15.4. The van der Waals surface area contributed by atoms with E-state index in [0.29, 0.717) is 36.8 Å². The maximum Gasteiger partial charge on any atom is 0.323 e. The number of Topliss-reactive ketones (excluding diaryl/α,β-unsaturated/α-hetero) is 1. The standard InChI is InChI=1S/C44H54F3N7O5/c1-7-21-44(46,47)31-17-13-16-29-30-25-43(23-20-33(30)49-38(29)31,40(57)51-37(27(6)9-3)39-53-54-42(59-39)52-41(58)48-10-4)22-14-19-34(55)36(26(5)8-2)50-35(56)24-28-15-11-12-18-32(28)45/h7,11-18,22,26-27,36-37,49H,1,8-10,19-21,23-25H2,2-6H3,(H,50,56)(H,51,57)(H2,48,52,54,58)/b22-14+/t26?,27?,36-,37-,43+/m0/s1. The van der Waals surface area contributed by atoms with Gasteiger partial charge in [0, 0.05) is 36.0 Å². The number of aromatic amines is 1. The monoisotopic (exact) mass is 817 g/mol. The van der Waals surface area contributed by atoms with E-state index in [9.17, 15) is 23.6 Å². The van der Waals surface area contributed by atoms with E-state index in [0.717, 1.165) is 5.69 Å². The molecule has 59 heavy (non-hydrogen) atoms. The van der Waals surface area contributed by atoms with Crippen LogP contribution in [-0.4, -0.2) is 51.4 Å². The molecule has 0 radical (unpaired) electrons. The van der Waals surface area contributed by atoms with E-state index in [1.165, 1.54) is 30.3 Å². The molecule has 0 fully saturated rings. The molecule has 5 rings (SSSR count). The second-order valence-corrected chi connectivity index (χ2v) is 15.4. The van der Waals surface area contributed by atoms with Crippen LogP contribution in [0.2, 0.25) is 0 Å². The summed E-state index contributed by atoms with van der Waals surface area (Å²) in [7, 11) is 0. The number of benzene rings is 2. The number of aromatic nitrogens is 3. The summed E-state index contributed by atoms with van der Waals surface area (Å²) in [5.74, 6) is -5.26. The summed E-state index contributed by atoms with van der Waals surface area (Å²) in [5, 5.41) is 19.7. The van der Waals surface area contributed by atoms with E-state index < -0.39 is 53.5 Å². The molecular weight excluding hydrogens is 764 g/mol.